The molecule has 0 saturated heterocycles. The number of Topliss-reactive ketones (excluding diaryl/α,β-unsaturated/α-hetero) is 1. The molecular formula is C15H24O7. The highest BCUT2D eigenvalue weighted by atomic mass is 16.6. The van der Waals surface area contributed by atoms with Gasteiger partial charge in [-0.15, -0.1) is 0 Å². The maximum absolute atomic E-state index is 11.6. The Morgan fingerprint density at radius 2 is 1.59 bits per heavy atom. The van der Waals surface area contributed by atoms with Crippen LogP contribution < -0.4 is 0 Å². The van der Waals surface area contributed by atoms with Crippen LogP contribution in [0.3, 0.4) is 0 Å². The van der Waals surface area contributed by atoms with Crippen LogP contribution >= 0.6 is 0 Å². The number of carbonyl (C=O) groups is 4. The van der Waals surface area contributed by atoms with Crippen molar-refractivity contribution in [2.24, 2.45) is 0 Å². The number of unbranched alkanes of at least 4 members (excludes halogenated alkanes) is 2. The van der Waals surface area contributed by atoms with E-state index in [0.29, 0.717) is 25.7 Å². The summed E-state index contributed by atoms with van der Waals surface area (Å²) in [6.07, 6.45) is 1.13. The van der Waals surface area contributed by atoms with Gasteiger partial charge in [0.05, 0.1) is 13.7 Å². The van der Waals surface area contributed by atoms with Gasteiger partial charge in [-0.2, -0.15) is 0 Å². The molecule has 7 heteroatoms. The molecule has 7 nitrogen and oxygen atoms in total. The lowest BCUT2D eigenvalue weighted by molar-refractivity contribution is -0.166. The Morgan fingerprint density at radius 3 is 2.18 bits per heavy atom. The molecule has 0 rings (SSSR count). The number of rotatable bonds is 11. The van der Waals surface area contributed by atoms with Crippen molar-refractivity contribution in [2.45, 2.75) is 58.5 Å². The first kappa shape index (κ1) is 20.1. The summed E-state index contributed by atoms with van der Waals surface area (Å²) in [6.45, 7) is 3.24. The Morgan fingerprint density at radius 1 is 0.955 bits per heavy atom. The van der Waals surface area contributed by atoms with Crippen LogP contribution in [-0.2, 0) is 33.4 Å². The van der Waals surface area contributed by atoms with Crippen LogP contribution in [0.15, 0.2) is 0 Å². The van der Waals surface area contributed by atoms with E-state index in [2.05, 4.69) is 4.74 Å². The average Bonchev–Trinajstić information content (AvgIpc) is 2.46. The molecule has 0 spiro atoms. The fourth-order valence-corrected chi connectivity index (χ4v) is 1.67. The smallest absolute Gasteiger partial charge is 0.347 e. The number of methoxy groups -OCH3 is 1. The lowest BCUT2D eigenvalue weighted by Gasteiger charge is -2.11. The van der Waals surface area contributed by atoms with Gasteiger partial charge in [0.1, 0.15) is 12.2 Å². The molecule has 0 bridgehead atoms. The predicted molar refractivity (Wildman–Crippen MR) is 76.9 cm³/mol. The van der Waals surface area contributed by atoms with Crippen molar-refractivity contribution in [1.29, 1.82) is 0 Å². The lowest BCUT2D eigenvalue weighted by Crippen LogP contribution is -2.27. The van der Waals surface area contributed by atoms with E-state index in [1.807, 2.05) is 0 Å². The average molecular weight is 316 g/mol. The molecule has 126 valence electrons. The summed E-state index contributed by atoms with van der Waals surface area (Å²) in [4.78, 5) is 45.2. The van der Waals surface area contributed by atoms with Crippen LogP contribution in [0.25, 0.3) is 0 Å². The summed E-state index contributed by atoms with van der Waals surface area (Å²) in [6, 6.07) is 0. The number of ether oxygens (including phenoxy) is 3. The lowest BCUT2D eigenvalue weighted by atomic mass is 10.1. The Balaban J connectivity index is 3.80. The first-order valence-corrected chi connectivity index (χ1v) is 7.35. The normalized spacial score (nSPS) is 11.4. The van der Waals surface area contributed by atoms with E-state index >= 15 is 0 Å². The number of carbonyl (C=O) groups excluding carboxylic acids is 4. The fraction of sp³-hybridized carbons (Fsp3) is 0.733. The van der Waals surface area contributed by atoms with Crippen LogP contribution in [0.1, 0.15) is 52.4 Å². The summed E-state index contributed by atoms with van der Waals surface area (Å²) in [5.74, 6) is -1.90. The highest BCUT2D eigenvalue weighted by Gasteiger charge is 2.20. The van der Waals surface area contributed by atoms with Crippen molar-refractivity contribution in [3.63, 3.8) is 0 Å². The zero-order valence-electron chi connectivity index (χ0n) is 13.4. The van der Waals surface area contributed by atoms with Gasteiger partial charge in [0.25, 0.3) is 0 Å². The van der Waals surface area contributed by atoms with Crippen LogP contribution in [0.4, 0.5) is 0 Å². The Kier molecular flexibility index (Phi) is 10.7. The minimum Gasteiger partial charge on any atom is -0.469 e. The quantitative estimate of drug-likeness (QED) is 0.247. The second-order valence-electron chi connectivity index (χ2n) is 4.74. The van der Waals surface area contributed by atoms with Crippen molar-refractivity contribution in [2.75, 3.05) is 13.7 Å². The maximum Gasteiger partial charge on any atom is 0.347 e. The van der Waals surface area contributed by atoms with Gasteiger partial charge < -0.3 is 14.2 Å². The SMILES string of the molecule is CCOC(=O)C(C)OC(=O)CC(=O)CCCCCC(=O)OC. The van der Waals surface area contributed by atoms with Crippen molar-refractivity contribution < 1.29 is 33.4 Å². The zero-order valence-corrected chi connectivity index (χ0v) is 13.4. The minimum absolute atomic E-state index is 0.200. The molecule has 0 aliphatic carbocycles. The Hall–Kier alpha value is -1.92. The van der Waals surface area contributed by atoms with E-state index in [1.165, 1.54) is 14.0 Å². The van der Waals surface area contributed by atoms with E-state index < -0.39 is 18.0 Å². The van der Waals surface area contributed by atoms with Gasteiger partial charge in [0, 0.05) is 12.8 Å². The van der Waals surface area contributed by atoms with Crippen LogP contribution in [0, 0.1) is 0 Å². The largest absolute Gasteiger partial charge is 0.469 e. The molecule has 0 aliphatic rings. The number of ketones is 1. The van der Waals surface area contributed by atoms with Crippen LogP contribution in [0.5, 0.6) is 0 Å². The second kappa shape index (κ2) is 11.7. The van der Waals surface area contributed by atoms with Gasteiger partial charge in [-0.3, -0.25) is 14.4 Å². The van der Waals surface area contributed by atoms with Crippen molar-refractivity contribution in [1.82, 2.24) is 0 Å². The molecule has 0 aromatic rings. The van der Waals surface area contributed by atoms with Crippen LogP contribution in [-0.4, -0.2) is 43.5 Å². The highest BCUT2D eigenvalue weighted by molar-refractivity contribution is 5.96. The molecule has 0 fully saturated rings. The highest BCUT2D eigenvalue weighted by Crippen LogP contribution is 2.07. The van der Waals surface area contributed by atoms with Gasteiger partial charge in [-0.1, -0.05) is 6.42 Å². The van der Waals surface area contributed by atoms with Gasteiger partial charge in [-0.05, 0) is 26.7 Å². The van der Waals surface area contributed by atoms with E-state index in [1.54, 1.807) is 6.92 Å². The molecule has 1 unspecified atom stereocenters. The molecule has 1 atom stereocenters. The summed E-state index contributed by atoms with van der Waals surface area (Å²) in [7, 11) is 1.33. The third-order valence-corrected chi connectivity index (χ3v) is 2.83. The molecule has 0 aliphatic heterocycles. The van der Waals surface area contributed by atoms with E-state index in [9.17, 15) is 19.2 Å². The topological polar surface area (TPSA) is 96.0 Å². The zero-order chi connectivity index (χ0) is 17.0. The summed E-state index contributed by atoms with van der Waals surface area (Å²) in [5.41, 5.74) is 0. The molecule has 0 amide bonds. The van der Waals surface area contributed by atoms with Gasteiger partial charge >= 0.3 is 17.9 Å². The molecule has 0 heterocycles. The van der Waals surface area contributed by atoms with E-state index in [-0.39, 0.29) is 31.2 Å². The van der Waals surface area contributed by atoms with Gasteiger partial charge in [-0.25, -0.2) is 4.79 Å². The number of hydrogen-bond acceptors (Lipinski definition) is 7. The standard InChI is InChI=1S/C15H24O7/c1-4-21-15(19)11(2)22-14(18)10-12(16)8-6-5-7-9-13(17)20-3/h11H,4-10H2,1-3H3. The molecule has 0 N–H and O–H groups in total. The molecule has 0 aromatic heterocycles. The summed E-state index contributed by atoms with van der Waals surface area (Å²) >= 11 is 0. The van der Waals surface area contributed by atoms with Crippen molar-refractivity contribution >= 4 is 23.7 Å². The Labute approximate surface area is 130 Å². The van der Waals surface area contributed by atoms with E-state index in [4.69, 9.17) is 9.47 Å². The molecule has 0 saturated carbocycles. The predicted octanol–water partition coefficient (Wildman–Crippen LogP) is 1.56. The third-order valence-electron chi connectivity index (χ3n) is 2.83. The first-order valence-electron chi connectivity index (χ1n) is 7.35. The van der Waals surface area contributed by atoms with Crippen molar-refractivity contribution in [3.8, 4) is 0 Å². The van der Waals surface area contributed by atoms with Gasteiger partial charge in [0.15, 0.2) is 6.10 Å². The van der Waals surface area contributed by atoms with Gasteiger partial charge in [0.2, 0.25) is 0 Å². The number of hydrogen-bond donors (Lipinski definition) is 0. The Bertz CT molecular complexity index is 389. The summed E-state index contributed by atoms with van der Waals surface area (Å²) < 4.78 is 14.0. The second-order valence-corrected chi connectivity index (χ2v) is 4.74. The fourth-order valence-electron chi connectivity index (χ4n) is 1.67. The van der Waals surface area contributed by atoms with Crippen molar-refractivity contribution in [3.05, 3.63) is 0 Å². The first-order chi connectivity index (χ1) is 10.4. The molecule has 0 radical (unpaired) electrons. The molecular weight excluding hydrogens is 292 g/mol. The van der Waals surface area contributed by atoms with E-state index in [0.717, 1.165) is 0 Å². The minimum atomic E-state index is -1.01. The third kappa shape index (κ3) is 9.90. The molecule has 0 aromatic carbocycles. The summed E-state index contributed by atoms with van der Waals surface area (Å²) in [5, 5.41) is 0. The number of esters is 3. The molecule has 22 heavy (non-hydrogen) atoms. The monoisotopic (exact) mass is 316 g/mol. The van der Waals surface area contributed by atoms with Crippen LogP contribution in [0.2, 0.25) is 0 Å². The maximum atomic E-state index is 11.6.